The Balaban J connectivity index is 2.00. The molecule has 0 heterocycles. The number of nitrogens with one attached hydrogen (secondary N) is 2. The number of hydrogen-bond donors (Lipinski definition) is 3. The molecule has 1 aliphatic carbocycles. The molecular weight excluding hydrogens is 332 g/mol. The maximum Gasteiger partial charge on any atom is 0.307 e. The van der Waals surface area contributed by atoms with Gasteiger partial charge in [-0.25, -0.2) is 0 Å². The molecule has 0 aromatic heterocycles. The van der Waals surface area contributed by atoms with E-state index in [-0.39, 0.29) is 16.8 Å². The minimum atomic E-state index is -0.948. The molecule has 1 aromatic rings. The van der Waals surface area contributed by atoms with E-state index < -0.39 is 17.8 Å². The molecule has 1 aromatic carbocycles. The molecule has 1 saturated carbocycles. The van der Waals surface area contributed by atoms with Crippen molar-refractivity contribution >= 4 is 35.1 Å². The van der Waals surface area contributed by atoms with Gasteiger partial charge < -0.3 is 15.7 Å². The number of anilines is 1. The fraction of sp³-hybridized carbons (Fsp3) is 0.471. The minimum Gasteiger partial charge on any atom is -0.481 e. The smallest absolute Gasteiger partial charge is 0.307 e. The number of halogens is 1. The van der Waals surface area contributed by atoms with E-state index in [4.69, 9.17) is 16.7 Å². The third-order valence-electron chi connectivity index (χ3n) is 4.08. The van der Waals surface area contributed by atoms with Gasteiger partial charge in [0, 0.05) is 12.2 Å². The van der Waals surface area contributed by atoms with Crippen molar-refractivity contribution in [1.82, 2.24) is 5.32 Å². The molecule has 2 atom stereocenters. The van der Waals surface area contributed by atoms with E-state index in [0.717, 1.165) is 0 Å². The zero-order chi connectivity index (χ0) is 17.9. The zero-order valence-electron chi connectivity index (χ0n) is 13.6. The molecule has 2 rings (SSSR count). The Morgan fingerprint density at radius 3 is 2.42 bits per heavy atom. The van der Waals surface area contributed by atoms with Crippen LogP contribution in [0.1, 0.15) is 37.0 Å². The van der Waals surface area contributed by atoms with Crippen LogP contribution in [0.15, 0.2) is 18.2 Å². The van der Waals surface area contributed by atoms with Crippen LogP contribution in [0.4, 0.5) is 5.69 Å². The summed E-state index contributed by atoms with van der Waals surface area (Å²) in [5, 5.41) is 14.7. The molecule has 0 saturated heterocycles. The SMILES string of the molecule is CC(C)CNC(=O)c1ccc(NC(=O)C2CCC2C(=O)O)cc1Cl. The van der Waals surface area contributed by atoms with Crippen LogP contribution >= 0.6 is 11.6 Å². The highest BCUT2D eigenvalue weighted by atomic mass is 35.5. The highest BCUT2D eigenvalue weighted by Gasteiger charge is 2.41. The minimum absolute atomic E-state index is 0.234. The molecule has 1 fully saturated rings. The van der Waals surface area contributed by atoms with Gasteiger partial charge in [0.1, 0.15) is 0 Å². The van der Waals surface area contributed by atoms with Gasteiger partial charge in [-0.15, -0.1) is 0 Å². The Morgan fingerprint density at radius 2 is 1.92 bits per heavy atom. The lowest BCUT2D eigenvalue weighted by atomic mass is 9.73. The highest BCUT2D eigenvalue weighted by Crippen LogP contribution is 2.35. The van der Waals surface area contributed by atoms with Gasteiger partial charge in [0.15, 0.2) is 0 Å². The Labute approximate surface area is 145 Å². The van der Waals surface area contributed by atoms with Gasteiger partial charge >= 0.3 is 5.97 Å². The van der Waals surface area contributed by atoms with E-state index in [9.17, 15) is 14.4 Å². The fourth-order valence-electron chi connectivity index (χ4n) is 2.51. The van der Waals surface area contributed by atoms with Crippen molar-refractivity contribution in [2.75, 3.05) is 11.9 Å². The van der Waals surface area contributed by atoms with Crippen LogP contribution in [0.5, 0.6) is 0 Å². The molecule has 0 spiro atoms. The van der Waals surface area contributed by atoms with Gasteiger partial charge in [-0.3, -0.25) is 14.4 Å². The van der Waals surface area contributed by atoms with Crippen molar-refractivity contribution in [3.63, 3.8) is 0 Å². The molecule has 1 aliphatic rings. The summed E-state index contributed by atoms with van der Waals surface area (Å²) >= 11 is 6.12. The number of carboxylic acids is 1. The average Bonchev–Trinajstić information content (AvgIpc) is 2.42. The lowest BCUT2D eigenvalue weighted by Gasteiger charge is -2.31. The first-order valence-corrected chi connectivity index (χ1v) is 8.28. The Hall–Kier alpha value is -2.08. The molecule has 2 amide bonds. The van der Waals surface area contributed by atoms with E-state index in [2.05, 4.69) is 10.6 Å². The number of hydrogen-bond acceptors (Lipinski definition) is 3. The first-order valence-electron chi connectivity index (χ1n) is 7.91. The molecule has 24 heavy (non-hydrogen) atoms. The normalized spacial score (nSPS) is 19.5. The molecule has 130 valence electrons. The lowest BCUT2D eigenvalue weighted by Crippen LogP contribution is -2.41. The summed E-state index contributed by atoms with van der Waals surface area (Å²) in [4.78, 5) is 35.1. The number of carbonyl (C=O) groups excluding carboxylic acids is 2. The second-order valence-electron chi connectivity index (χ2n) is 6.42. The number of benzene rings is 1. The average molecular weight is 353 g/mol. The third-order valence-corrected chi connectivity index (χ3v) is 4.39. The number of carbonyl (C=O) groups is 3. The summed E-state index contributed by atoms with van der Waals surface area (Å²) in [5.41, 5.74) is 0.781. The van der Waals surface area contributed by atoms with Crippen molar-refractivity contribution in [3.05, 3.63) is 28.8 Å². The van der Waals surface area contributed by atoms with Gasteiger partial charge in [-0.05, 0) is 37.0 Å². The highest BCUT2D eigenvalue weighted by molar-refractivity contribution is 6.34. The molecular formula is C17H21ClN2O4. The second kappa shape index (κ2) is 7.66. The van der Waals surface area contributed by atoms with Crippen LogP contribution in [0.2, 0.25) is 5.02 Å². The van der Waals surface area contributed by atoms with Gasteiger partial charge in [0.2, 0.25) is 5.91 Å². The summed E-state index contributed by atoms with van der Waals surface area (Å²) in [6.45, 7) is 4.53. The maximum absolute atomic E-state index is 12.1. The molecule has 0 bridgehead atoms. The number of carboxylic acid groups (broad SMARTS) is 1. The van der Waals surface area contributed by atoms with Crippen molar-refractivity contribution in [3.8, 4) is 0 Å². The van der Waals surface area contributed by atoms with Gasteiger partial charge in [0.05, 0.1) is 22.4 Å². The largest absolute Gasteiger partial charge is 0.481 e. The molecule has 6 nitrogen and oxygen atoms in total. The van der Waals surface area contributed by atoms with Crippen LogP contribution in [-0.2, 0) is 9.59 Å². The first-order chi connectivity index (χ1) is 11.3. The van der Waals surface area contributed by atoms with Crippen LogP contribution in [0, 0.1) is 17.8 Å². The standard InChI is InChI=1S/C17H21ClN2O4/c1-9(2)8-19-15(21)13-4-3-10(7-14(13)18)20-16(22)11-5-6-12(11)17(23)24/h3-4,7,9,11-12H,5-6,8H2,1-2H3,(H,19,21)(H,20,22)(H,23,24). The van der Waals surface area contributed by atoms with Crippen LogP contribution in [0.25, 0.3) is 0 Å². The monoisotopic (exact) mass is 352 g/mol. The number of rotatable bonds is 6. The Morgan fingerprint density at radius 1 is 1.25 bits per heavy atom. The van der Waals surface area contributed by atoms with E-state index >= 15 is 0 Å². The second-order valence-corrected chi connectivity index (χ2v) is 6.82. The predicted octanol–water partition coefficient (Wildman–Crippen LogP) is 2.78. The third kappa shape index (κ3) is 4.26. The van der Waals surface area contributed by atoms with Gasteiger partial charge in [-0.1, -0.05) is 25.4 Å². The van der Waals surface area contributed by atoms with Crippen molar-refractivity contribution < 1.29 is 19.5 Å². The topological polar surface area (TPSA) is 95.5 Å². The van der Waals surface area contributed by atoms with E-state index in [1.54, 1.807) is 12.1 Å². The molecule has 7 heteroatoms. The maximum atomic E-state index is 12.1. The quantitative estimate of drug-likeness (QED) is 0.733. The zero-order valence-corrected chi connectivity index (χ0v) is 14.4. The van der Waals surface area contributed by atoms with Crippen molar-refractivity contribution in [2.45, 2.75) is 26.7 Å². The summed E-state index contributed by atoms with van der Waals surface area (Å²) in [5.74, 6) is -2.36. The Bertz CT molecular complexity index is 660. The molecule has 3 N–H and O–H groups in total. The molecule has 0 aliphatic heterocycles. The van der Waals surface area contributed by atoms with Crippen molar-refractivity contribution in [2.24, 2.45) is 17.8 Å². The van der Waals surface area contributed by atoms with Crippen LogP contribution in [0.3, 0.4) is 0 Å². The summed E-state index contributed by atoms with van der Waals surface area (Å²) < 4.78 is 0. The molecule has 0 radical (unpaired) electrons. The fourth-order valence-corrected chi connectivity index (χ4v) is 2.78. The van der Waals surface area contributed by atoms with Gasteiger partial charge in [-0.2, -0.15) is 0 Å². The summed E-state index contributed by atoms with van der Waals surface area (Å²) in [7, 11) is 0. The van der Waals surface area contributed by atoms with Crippen LogP contribution in [-0.4, -0.2) is 29.4 Å². The van der Waals surface area contributed by atoms with Crippen molar-refractivity contribution in [1.29, 1.82) is 0 Å². The van der Waals surface area contributed by atoms with E-state index in [1.807, 2.05) is 13.8 Å². The lowest BCUT2D eigenvalue weighted by molar-refractivity contribution is -0.151. The first kappa shape index (κ1) is 18.3. The summed E-state index contributed by atoms with van der Waals surface area (Å²) in [6, 6.07) is 4.63. The van der Waals surface area contributed by atoms with Crippen LogP contribution < -0.4 is 10.6 Å². The number of amides is 2. The Kier molecular flexibility index (Phi) is 5.83. The summed E-state index contributed by atoms with van der Waals surface area (Å²) in [6.07, 6.45) is 1.08. The number of aliphatic carboxylic acids is 1. The van der Waals surface area contributed by atoms with E-state index in [0.29, 0.717) is 36.6 Å². The predicted molar refractivity (Wildman–Crippen MR) is 91.1 cm³/mol. The molecule has 2 unspecified atom stereocenters. The van der Waals surface area contributed by atoms with E-state index in [1.165, 1.54) is 6.07 Å². The van der Waals surface area contributed by atoms with Gasteiger partial charge in [0.25, 0.3) is 5.91 Å².